The lowest BCUT2D eigenvalue weighted by atomic mass is 10.2. The van der Waals surface area contributed by atoms with E-state index in [9.17, 15) is 10.1 Å². The molecule has 0 aliphatic heterocycles. The van der Waals surface area contributed by atoms with E-state index in [1.807, 2.05) is 0 Å². The molecule has 0 atom stereocenters. The Hall–Kier alpha value is -3.19. The second kappa shape index (κ2) is 5.47. The van der Waals surface area contributed by atoms with Gasteiger partial charge in [0, 0.05) is 22.0 Å². The summed E-state index contributed by atoms with van der Waals surface area (Å²) in [4.78, 5) is 10.3. The van der Waals surface area contributed by atoms with Gasteiger partial charge in [-0.1, -0.05) is 11.6 Å². The lowest BCUT2D eigenvalue weighted by Crippen LogP contribution is -1.85. The van der Waals surface area contributed by atoms with E-state index in [1.165, 1.54) is 12.1 Å². The fourth-order valence-electron chi connectivity index (χ4n) is 2.27. The molecule has 0 N–H and O–H groups in total. The Morgan fingerprint density at radius 1 is 0.958 bits per heavy atom. The monoisotopic (exact) mass is 341 g/mol. The maximum atomic E-state index is 10.8. The van der Waals surface area contributed by atoms with Crippen LogP contribution < -0.4 is 0 Å². The maximum absolute atomic E-state index is 10.8. The van der Waals surface area contributed by atoms with Crippen molar-refractivity contribution in [2.75, 3.05) is 0 Å². The zero-order valence-corrected chi connectivity index (χ0v) is 12.7. The van der Waals surface area contributed by atoms with E-state index in [2.05, 4.69) is 10.2 Å². The maximum Gasteiger partial charge on any atom is 0.283 e. The van der Waals surface area contributed by atoms with Gasteiger partial charge in [-0.05, 0) is 36.4 Å². The highest BCUT2D eigenvalue weighted by Gasteiger charge is 2.16. The number of nitro benzene ring substituents is 1. The lowest BCUT2D eigenvalue weighted by molar-refractivity contribution is -0.384. The highest BCUT2D eigenvalue weighted by Crippen LogP contribution is 2.31. The Bertz CT molecular complexity index is 1050. The van der Waals surface area contributed by atoms with Crippen LogP contribution in [0, 0.1) is 10.1 Å². The zero-order chi connectivity index (χ0) is 16.7. The molecule has 0 saturated heterocycles. The molecule has 4 rings (SSSR count). The van der Waals surface area contributed by atoms with Gasteiger partial charge in [0.15, 0.2) is 5.76 Å². The lowest BCUT2D eigenvalue weighted by Gasteiger charge is -1.93. The zero-order valence-electron chi connectivity index (χ0n) is 12.0. The van der Waals surface area contributed by atoms with Crippen molar-refractivity contribution >= 4 is 28.3 Å². The fraction of sp³-hybridized carbons (Fsp3) is 0. The van der Waals surface area contributed by atoms with Crippen LogP contribution in [-0.4, -0.2) is 15.1 Å². The van der Waals surface area contributed by atoms with E-state index in [-0.39, 0.29) is 11.6 Å². The molecule has 118 valence electrons. The van der Waals surface area contributed by atoms with Gasteiger partial charge in [-0.25, -0.2) is 0 Å². The third-order valence-electron chi connectivity index (χ3n) is 3.44. The number of hydrogen-bond donors (Lipinski definition) is 0. The normalized spacial score (nSPS) is 11.0. The molecule has 0 amide bonds. The van der Waals surface area contributed by atoms with Gasteiger partial charge in [-0.15, -0.1) is 10.2 Å². The number of fused-ring (bicyclic) bond motifs is 1. The molecule has 8 heteroatoms. The Balaban J connectivity index is 1.72. The highest BCUT2D eigenvalue weighted by atomic mass is 35.5. The Morgan fingerprint density at radius 3 is 2.46 bits per heavy atom. The summed E-state index contributed by atoms with van der Waals surface area (Å²) < 4.78 is 11.2. The number of nitrogens with zero attached hydrogens (tertiary/aromatic N) is 3. The van der Waals surface area contributed by atoms with Crippen LogP contribution in [0.25, 0.3) is 34.1 Å². The highest BCUT2D eigenvalue weighted by molar-refractivity contribution is 6.30. The minimum Gasteiger partial charge on any atom is -0.451 e. The second-order valence-electron chi connectivity index (χ2n) is 5.01. The van der Waals surface area contributed by atoms with Crippen LogP contribution in [0.2, 0.25) is 5.02 Å². The van der Waals surface area contributed by atoms with Crippen LogP contribution >= 0.6 is 11.6 Å². The van der Waals surface area contributed by atoms with Crippen LogP contribution in [0.4, 0.5) is 5.69 Å². The third kappa shape index (κ3) is 2.50. The third-order valence-corrected chi connectivity index (χ3v) is 3.69. The Kier molecular flexibility index (Phi) is 3.28. The van der Waals surface area contributed by atoms with Crippen molar-refractivity contribution in [1.29, 1.82) is 0 Å². The fourth-order valence-corrected chi connectivity index (χ4v) is 2.40. The van der Waals surface area contributed by atoms with E-state index in [4.69, 9.17) is 20.4 Å². The molecule has 2 aromatic carbocycles. The molecule has 0 unspecified atom stereocenters. The molecule has 0 aliphatic carbocycles. The number of furan rings is 1. The molecule has 4 aromatic rings. The first-order valence-electron chi connectivity index (χ1n) is 6.88. The Labute approximate surface area is 139 Å². The predicted octanol–water partition coefficient (Wildman–Crippen LogP) is 4.71. The first kappa shape index (κ1) is 14.4. The summed E-state index contributed by atoms with van der Waals surface area (Å²) in [6.07, 6.45) is 0. The molecule has 2 aromatic heterocycles. The van der Waals surface area contributed by atoms with Crippen LogP contribution in [0.3, 0.4) is 0 Å². The van der Waals surface area contributed by atoms with Crippen molar-refractivity contribution in [3.05, 3.63) is 63.7 Å². The van der Waals surface area contributed by atoms with Gasteiger partial charge >= 0.3 is 0 Å². The standard InChI is InChI=1S/C16H8ClN3O4/c17-11-4-1-9(2-5-11)15-18-19-16(24-15)14-7-10-3-6-12(20(21)22)8-13(10)23-14/h1-8H. The van der Waals surface area contributed by atoms with Gasteiger partial charge in [0.1, 0.15) is 5.58 Å². The smallest absolute Gasteiger partial charge is 0.283 e. The summed E-state index contributed by atoms with van der Waals surface area (Å²) in [5, 5.41) is 20.1. The topological polar surface area (TPSA) is 95.2 Å². The largest absolute Gasteiger partial charge is 0.451 e. The Morgan fingerprint density at radius 2 is 1.71 bits per heavy atom. The molecule has 7 nitrogen and oxygen atoms in total. The first-order chi connectivity index (χ1) is 11.6. The van der Waals surface area contributed by atoms with Crippen molar-refractivity contribution in [3.63, 3.8) is 0 Å². The van der Waals surface area contributed by atoms with Gasteiger partial charge < -0.3 is 8.83 Å². The van der Waals surface area contributed by atoms with Gasteiger partial charge in [-0.3, -0.25) is 10.1 Å². The van der Waals surface area contributed by atoms with E-state index in [0.717, 1.165) is 5.56 Å². The van der Waals surface area contributed by atoms with Crippen LogP contribution in [-0.2, 0) is 0 Å². The quantitative estimate of drug-likeness (QED) is 0.395. The number of nitro groups is 1. The molecular formula is C16H8ClN3O4. The minimum absolute atomic E-state index is 0.0456. The summed E-state index contributed by atoms with van der Waals surface area (Å²) in [7, 11) is 0. The summed E-state index contributed by atoms with van der Waals surface area (Å²) >= 11 is 5.85. The average Bonchev–Trinajstić information content (AvgIpc) is 3.21. The number of non-ortho nitro benzene ring substituents is 1. The van der Waals surface area contributed by atoms with Crippen molar-refractivity contribution in [2.24, 2.45) is 0 Å². The second-order valence-corrected chi connectivity index (χ2v) is 5.45. The summed E-state index contributed by atoms with van der Waals surface area (Å²) in [6, 6.07) is 13.0. The predicted molar refractivity (Wildman–Crippen MR) is 86.6 cm³/mol. The summed E-state index contributed by atoms with van der Waals surface area (Å²) in [5.41, 5.74) is 1.06. The number of hydrogen-bond acceptors (Lipinski definition) is 6. The molecule has 2 heterocycles. The van der Waals surface area contributed by atoms with E-state index in [0.29, 0.717) is 27.6 Å². The number of benzene rings is 2. The average molecular weight is 342 g/mol. The summed E-state index contributed by atoms with van der Waals surface area (Å²) in [6.45, 7) is 0. The summed E-state index contributed by atoms with van der Waals surface area (Å²) in [5.74, 6) is 0.866. The van der Waals surface area contributed by atoms with E-state index in [1.54, 1.807) is 36.4 Å². The van der Waals surface area contributed by atoms with E-state index >= 15 is 0 Å². The molecular weight excluding hydrogens is 334 g/mol. The van der Waals surface area contributed by atoms with Gasteiger partial charge in [-0.2, -0.15) is 0 Å². The molecule has 0 saturated carbocycles. The number of aromatic nitrogens is 2. The first-order valence-corrected chi connectivity index (χ1v) is 7.26. The molecule has 24 heavy (non-hydrogen) atoms. The van der Waals surface area contributed by atoms with E-state index < -0.39 is 4.92 Å². The molecule has 0 bridgehead atoms. The van der Waals surface area contributed by atoms with Crippen LogP contribution in [0.5, 0.6) is 0 Å². The molecule has 0 radical (unpaired) electrons. The molecule has 0 aliphatic rings. The van der Waals surface area contributed by atoms with Gasteiger partial charge in [0.2, 0.25) is 5.89 Å². The van der Waals surface area contributed by atoms with Gasteiger partial charge in [0.25, 0.3) is 11.6 Å². The minimum atomic E-state index is -0.479. The van der Waals surface area contributed by atoms with Crippen molar-refractivity contribution in [3.8, 4) is 23.1 Å². The molecule has 0 fully saturated rings. The SMILES string of the molecule is O=[N+]([O-])c1ccc2cc(-c3nnc(-c4ccc(Cl)cc4)o3)oc2c1. The van der Waals surface area contributed by atoms with Gasteiger partial charge in [0.05, 0.1) is 11.0 Å². The number of rotatable bonds is 3. The van der Waals surface area contributed by atoms with Crippen molar-refractivity contribution in [2.45, 2.75) is 0 Å². The van der Waals surface area contributed by atoms with Crippen molar-refractivity contribution in [1.82, 2.24) is 10.2 Å². The van der Waals surface area contributed by atoms with Crippen LogP contribution in [0.1, 0.15) is 0 Å². The number of halogens is 1. The van der Waals surface area contributed by atoms with Crippen molar-refractivity contribution < 1.29 is 13.8 Å². The van der Waals surface area contributed by atoms with Crippen LogP contribution in [0.15, 0.2) is 57.4 Å². The molecule has 0 spiro atoms.